The summed E-state index contributed by atoms with van der Waals surface area (Å²) in [5.74, 6) is 0.499. The molecule has 1 aliphatic heterocycles. The molecule has 1 aliphatic rings. The van der Waals surface area contributed by atoms with Crippen LogP contribution in [0.5, 0.6) is 0 Å². The SMILES string of the molecule is Cc1cn[nH]c1NC(=O)[C@H]1CN(Cc2ccccc2)CCO1. The number of rotatable bonds is 4. The lowest BCUT2D eigenvalue weighted by molar-refractivity contribution is -0.133. The molecule has 0 radical (unpaired) electrons. The number of aromatic amines is 1. The van der Waals surface area contributed by atoms with Gasteiger partial charge in [-0.25, -0.2) is 0 Å². The minimum absolute atomic E-state index is 0.134. The van der Waals surface area contributed by atoms with Crippen LogP contribution in [0.4, 0.5) is 5.82 Å². The zero-order valence-electron chi connectivity index (χ0n) is 12.6. The van der Waals surface area contributed by atoms with Crippen LogP contribution < -0.4 is 5.32 Å². The van der Waals surface area contributed by atoms with Crippen molar-refractivity contribution in [3.8, 4) is 0 Å². The number of hydrogen-bond donors (Lipinski definition) is 2. The second-order valence-corrected chi connectivity index (χ2v) is 5.50. The third-order valence-electron chi connectivity index (χ3n) is 3.77. The van der Waals surface area contributed by atoms with Gasteiger partial charge in [0, 0.05) is 25.2 Å². The quantitative estimate of drug-likeness (QED) is 0.899. The van der Waals surface area contributed by atoms with E-state index in [0.29, 0.717) is 19.0 Å². The van der Waals surface area contributed by atoms with Crippen LogP contribution in [-0.2, 0) is 16.1 Å². The number of aromatic nitrogens is 2. The topological polar surface area (TPSA) is 70.2 Å². The largest absolute Gasteiger partial charge is 0.366 e. The van der Waals surface area contributed by atoms with Gasteiger partial charge >= 0.3 is 0 Å². The molecule has 2 N–H and O–H groups in total. The van der Waals surface area contributed by atoms with E-state index in [2.05, 4.69) is 32.5 Å². The Kier molecular flexibility index (Phi) is 4.50. The third kappa shape index (κ3) is 3.52. The first-order chi connectivity index (χ1) is 10.7. The standard InChI is InChI=1S/C16H20N4O2/c1-12-9-17-19-15(12)18-16(21)14-11-20(7-8-22-14)10-13-5-3-2-4-6-13/h2-6,9,14H,7-8,10-11H2,1H3,(H2,17,18,19,21)/t14-/m1/s1. The van der Waals surface area contributed by atoms with Gasteiger partial charge in [-0.3, -0.25) is 14.8 Å². The van der Waals surface area contributed by atoms with Crippen LogP contribution in [0.3, 0.4) is 0 Å². The fourth-order valence-corrected chi connectivity index (χ4v) is 2.52. The normalized spacial score (nSPS) is 19.0. The summed E-state index contributed by atoms with van der Waals surface area (Å²) in [6.45, 7) is 4.71. The van der Waals surface area contributed by atoms with E-state index in [-0.39, 0.29) is 5.91 Å². The van der Waals surface area contributed by atoms with Crippen LogP contribution in [0.1, 0.15) is 11.1 Å². The summed E-state index contributed by atoms with van der Waals surface area (Å²) in [7, 11) is 0. The Morgan fingerprint density at radius 1 is 1.45 bits per heavy atom. The monoisotopic (exact) mass is 300 g/mol. The highest BCUT2D eigenvalue weighted by Gasteiger charge is 2.27. The molecule has 22 heavy (non-hydrogen) atoms. The summed E-state index contributed by atoms with van der Waals surface area (Å²) in [6, 6.07) is 10.3. The second kappa shape index (κ2) is 6.72. The number of aryl methyl sites for hydroxylation is 1. The molecular formula is C16H20N4O2. The number of nitrogens with one attached hydrogen (secondary N) is 2. The first-order valence-corrected chi connectivity index (χ1v) is 7.41. The van der Waals surface area contributed by atoms with E-state index in [1.165, 1.54) is 5.56 Å². The van der Waals surface area contributed by atoms with Gasteiger partial charge in [0.1, 0.15) is 11.9 Å². The van der Waals surface area contributed by atoms with Crippen molar-refractivity contribution in [1.29, 1.82) is 0 Å². The molecule has 3 rings (SSSR count). The molecule has 1 aromatic heterocycles. The number of amides is 1. The van der Waals surface area contributed by atoms with Crippen molar-refractivity contribution in [1.82, 2.24) is 15.1 Å². The molecule has 1 amide bonds. The molecule has 6 nitrogen and oxygen atoms in total. The van der Waals surface area contributed by atoms with Crippen LogP contribution in [0.2, 0.25) is 0 Å². The molecule has 1 atom stereocenters. The van der Waals surface area contributed by atoms with Crippen LogP contribution in [0.25, 0.3) is 0 Å². The Morgan fingerprint density at radius 2 is 2.27 bits per heavy atom. The highest BCUT2D eigenvalue weighted by Crippen LogP contribution is 2.14. The van der Waals surface area contributed by atoms with Gasteiger partial charge in [-0.1, -0.05) is 30.3 Å². The Labute approximate surface area is 129 Å². The molecule has 6 heteroatoms. The minimum atomic E-state index is -0.458. The third-order valence-corrected chi connectivity index (χ3v) is 3.77. The molecule has 1 aromatic carbocycles. The van der Waals surface area contributed by atoms with Gasteiger partial charge in [0.05, 0.1) is 12.8 Å². The van der Waals surface area contributed by atoms with Crippen molar-refractivity contribution in [3.63, 3.8) is 0 Å². The Bertz CT molecular complexity index is 626. The van der Waals surface area contributed by atoms with Gasteiger partial charge in [0.25, 0.3) is 5.91 Å². The summed E-state index contributed by atoms with van der Waals surface area (Å²) in [4.78, 5) is 14.5. The number of anilines is 1. The lowest BCUT2D eigenvalue weighted by Gasteiger charge is -2.32. The lowest BCUT2D eigenvalue weighted by Crippen LogP contribution is -2.47. The summed E-state index contributed by atoms with van der Waals surface area (Å²) in [5.41, 5.74) is 2.15. The fraction of sp³-hybridized carbons (Fsp3) is 0.375. The van der Waals surface area contributed by atoms with Crippen molar-refractivity contribution < 1.29 is 9.53 Å². The van der Waals surface area contributed by atoms with E-state index >= 15 is 0 Å². The van der Waals surface area contributed by atoms with Crippen LogP contribution in [-0.4, -0.2) is 46.8 Å². The van der Waals surface area contributed by atoms with Gasteiger partial charge in [-0.2, -0.15) is 5.10 Å². The second-order valence-electron chi connectivity index (χ2n) is 5.50. The van der Waals surface area contributed by atoms with E-state index in [1.807, 2.05) is 25.1 Å². The summed E-state index contributed by atoms with van der Waals surface area (Å²) in [5, 5.41) is 9.51. The van der Waals surface area contributed by atoms with E-state index in [1.54, 1.807) is 6.20 Å². The van der Waals surface area contributed by atoms with Gasteiger partial charge in [-0.05, 0) is 12.5 Å². The maximum absolute atomic E-state index is 12.3. The van der Waals surface area contributed by atoms with Crippen molar-refractivity contribution >= 4 is 11.7 Å². The van der Waals surface area contributed by atoms with Crippen molar-refractivity contribution in [2.75, 3.05) is 25.0 Å². The average Bonchev–Trinajstić information content (AvgIpc) is 2.94. The van der Waals surface area contributed by atoms with Gasteiger partial charge in [0.2, 0.25) is 0 Å². The molecule has 116 valence electrons. The van der Waals surface area contributed by atoms with Crippen molar-refractivity contribution in [2.24, 2.45) is 0 Å². The lowest BCUT2D eigenvalue weighted by atomic mass is 10.2. The number of ether oxygens (including phenoxy) is 1. The number of hydrogen-bond acceptors (Lipinski definition) is 4. The van der Waals surface area contributed by atoms with Crippen molar-refractivity contribution in [2.45, 2.75) is 19.6 Å². The number of benzene rings is 1. The highest BCUT2D eigenvalue weighted by molar-refractivity contribution is 5.94. The first-order valence-electron chi connectivity index (χ1n) is 7.41. The molecular weight excluding hydrogens is 280 g/mol. The number of H-pyrrole nitrogens is 1. The Morgan fingerprint density at radius 3 is 3.00 bits per heavy atom. The zero-order chi connectivity index (χ0) is 15.4. The van der Waals surface area contributed by atoms with Gasteiger partial charge in [-0.15, -0.1) is 0 Å². The molecule has 0 aliphatic carbocycles. The molecule has 1 fully saturated rings. The number of carbonyl (C=O) groups excluding carboxylic acids is 1. The number of nitrogens with zero attached hydrogens (tertiary/aromatic N) is 2. The van der Waals surface area contributed by atoms with Crippen LogP contribution in [0, 0.1) is 6.92 Å². The maximum Gasteiger partial charge on any atom is 0.255 e. The smallest absolute Gasteiger partial charge is 0.255 e. The fourth-order valence-electron chi connectivity index (χ4n) is 2.52. The van der Waals surface area contributed by atoms with Gasteiger partial charge < -0.3 is 10.1 Å². The van der Waals surface area contributed by atoms with Gasteiger partial charge in [0.15, 0.2) is 0 Å². The van der Waals surface area contributed by atoms with E-state index in [4.69, 9.17) is 4.74 Å². The molecule has 1 saturated heterocycles. The molecule has 0 bridgehead atoms. The van der Waals surface area contributed by atoms with E-state index in [0.717, 1.165) is 18.7 Å². The average molecular weight is 300 g/mol. The van der Waals surface area contributed by atoms with Crippen LogP contribution >= 0.6 is 0 Å². The molecule has 0 saturated carbocycles. The number of carbonyl (C=O) groups is 1. The van der Waals surface area contributed by atoms with Crippen LogP contribution in [0.15, 0.2) is 36.5 Å². The zero-order valence-corrected chi connectivity index (χ0v) is 12.6. The first kappa shape index (κ1) is 14.7. The Hall–Kier alpha value is -2.18. The molecule has 0 spiro atoms. The molecule has 0 unspecified atom stereocenters. The predicted octanol–water partition coefficient (Wildman–Crippen LogP) is 1.56. The summed E-state index contributed by atoms with van der Waals surface area (Å²) >= 11 is 0. The highest BCUT2D eigenvalue weighted by atomic mass is 16.5. The maximum atomic E-state index is 12.3. The number of morpholine rings is 1. The predicted molar refractivity (Wildman–Crippen MR) is 83.4 cm³/mol. The minimum Gasteiger partial charge on any atom is -0.366 e. The summed E-state index contributed by atoms with van der Waals surface area (Å²) < 4.78 is 5.61. The summed E-state index contributed by atoms with van der Waals surface area (Å²) in [6.07, 6.45) is 1.22. The molecule has 2 aromatic rings. The van der Waals surface area contributed by atoms with Crippen molar-refractivity contribution in [3.05, 3.63) is 47.7 Å². The molecule has 2 heterocycles. The van der Waals surface area contributed by atoms with E-state index < -0.39 is 6.10 Å². The Balaban J connectivity index is 1.58. The van der Waals surface area contributed by atoms with E-state index in [9.17, 15) is 4.79 Å².